The maximum absolute atomic E-state index is 12.2. The zero-order valence-corrected chi connectivity index (χ0v) is 14.6. The molecule has 0 radical (unpaired) electrons. The van der Waals surface area contributed by atoms with Gasteiger partial charge in [-0.3, -0.25) is 24.1 Å². The van der Waals surface area contributed by atoms with Crippen LogP contribution in [0.25, 0.3) is 0 Å². The van der Waals surface area contributed by atoms with Crippen molar-refractivity contribution in [2.75, 3.05) is 19.6 Å². The molecule has 1 aromatic rings. The van der Waals surface area contributed by atoms with E-state index in [9.17, 15) is 19.2 Å². The third-order valence-corrected chi connectivity index (χ3v) is 3.97. The van der Waals surface area contributed by atoms with Crippen molar-refractivity contribution in [3.8, 4) is 0 Å². The Morgan fingerprint density at radius 1 is 1.08 bits per heavy atom. The second-order valence-electron chi connectivity index (χ2n) is 5.67. The fourth-order valence-corrected chi connectivity index (χ4v) is 2.53. The molecule has 0 bridgehead atoms. The van der Waals surface area contributed by atoms with E-state index >= 15 is 0 Å². The number of hydrogen-bond donors (Lipinski definition) is 2. The van der Waals surface area contributed by atoms with Crippen molar-refractivity contribution >= 4 is 35.2 Å². The summed E-state index contributed by atoms with van der Waals surface area (Å²) >= 11 is 5.60. The van der Waals surface area contributed by atoms with Crippen molar-refractivity contribution < 1.29 is 19.2 Å². The molecule has 0 fully saturated rings. The van der Waals surface area contributed by atoms with Crippen LogP contribution in [-0.2, 0) is 9.59 Å². The zero-order valence-electron chi connectivity index (χ0n) is 13.9. The fraction of sp³-hybridized carbons (Fsp3) is 0.412. The van der Waals surface area contributed by atoms with Gasteiger partial charge < -0.3 is 10.6 Å². The molecule has 1 aliphatic rings. The Kier molecular flexibility index (Phi) is 6.52. The molecule has 1 aliphatic heterocycles. The molecule has 2 rings (SSSR count). The number of benzene rings is 1. The Labute approximate surface area is 150 Å². The van der Waals surface area contributed by atoms with Crippen molar-refractivity contribution in [3.63, 3.8) is 0 Å². The fourth-order valence-electron chi connectivity index (χ4n) is 2.46. The molecular weight excluding hydrogens is 346 g/mol. The first-order chi connectivity index (χ1) is 11.9. The maximum atomic E-state index is 12.2. The molecule has 0 aliphatic carbocycles. The smallest absolute Gasteiger partial charge is 0.261 e. The van der Waals surface area contributed by atoms with Crippen molar-refractivity contribution in [2.24, 2.45) is 0 Å². The minimum Gasteiger partial charge on any atom is -0.354 e. The highest BCUT2D eigenvalue weighted by Crippen LogP contribution is 2.22. The molecule has 1 aromatic carbocycles. The SMILES string of the molecule is CC(Cl)C(=O)NCCNC(=O)CCCN1C(=O)c2ccccc2C1=O. The van der Waals surface area contributed by atoms with Crippen LogP contribution in [0.2, 0.25) is 0 Å². The van der Waals surface area contributed by atoms with E-state index in [-0.39, 0.29) is 36.6 Å². The van der Waals surface area contributed by atoms with Crippen molar-refractivity contribution in [1.82, 2.24) is 15.5 Å². The first-order valence-electron chi connectivity index (χ1n) is 8.05. The Balaban J connectivity index is 1.68. The van der Waals surface area contributed by atoms with E-state index in [1.165, 1.54) is 4.90 Å². The molecule has 25 heavy (non-hydrogen) atoms. The summed E-state index contributed by atoms with van der Waals surface area (Å²) in [5.74, 6) is -1.14. The standard InChI is InChI=1S/C17H20ClN3O4/c1-11(18)15(23)20-9-8-19-14(22)7-4-10-21-16(24)12-5-2-3-6-13(12)17(21)25/h2-3,5-6,11H,4,7-10H2,1H3,(H,19,22)(H,20,23). The molecule has 1 unspecified atom stereocenters. The van der Waals surface area contributed by atoms with E-state index in [1.54, 1.807) is 31.2 Å². The van der Waals surface area contributed by atoms with Gasteiger partial charge in [-0.05, 0) is 25.5 Å². The molecule has 0 aromatic heterocycles. The first kappa shape index (κ1) is 18.9. The lowest BCUT2D eigenvalue weighted by molar-refractivity contribution is -0.122. The summed E-state index contributed by atoms with van der Waals surface area (Å²) in [6.45, 7) is 2.34. The molecule has 8 heteroatoms. The number of carbonyl (C=O) groups is 4. The van der Waals surface area contributed by atoms with Gasteiger partial charge in [0.2, 0.25) is 11.8 Å². The minimum atomic E-state index is -0.615. The molecule has 0 saturated carbocycles. The van der Waals surface area contributed by atoms with Gasteiger partial charge in [-0.15, -0.1) is 11.6 Å². The van der Waals surface area contributed by atoms with Crippen LogP contribution >= 0.6 is 11.6 Å². The minimum absolute atomic E-state index is 0.188. The summed E-state index contributed by atoms with van der Waals surface area (Å²) in [6.07, 6.45) is 0.565. The largest absolute Gasteiger partial charge is 0.354 e. The van der Waals surface area contributed by atoms with E-state index in [2.05, 4.69) is 10.6 Å². The van der Waals surface area contributed by atoms with Crippen LogP contribution in [0.3, 0.4) is 0 Å². The molecule has 7 nitrogen and oxygen atoms in total. The van der Waals surface area contributed by atoms with E-state index in [1.807, 2.05) is 0 Å². The Bertz CT molecular complexity index is 655. The van der Waals surface area contributed by atoms with Crippen LogP contribution in [0.15, 0.2) is 24.3 Å². The maximum Gasteiger partial charge on any atom is 0.261 e. The molecular formula is C17H20ClN3O4. The summed E-state index contributed by atoms with van der Waals surface area (Å²) in [6, 6.07) is 6.67. The summed E-state index contributed by atoms with van der Waals surface area (Å²) < 4.78 is 0. The van der Waals surface area contributed by atoms with Gasteiger partial charge in [0, 0.05) is 26.1 Å². The van der Waals surface area contributed by atoms with Gasteiger partial charge in [-0.1, -0.05) is 12.1 Å². The van der Waals surface area contributed by atoms with E-state index < -0.39 is 5.38 Å². The van der Waals surface area contributed by atoms with E-state index in [0.717, 1.165) is 0 Å². The second kappa shape index (κ2) is 8.62. The number of halogens is 1. The second-order valence-corrected chi connectivity index (χ2v) is 6.32. The highest BCUT2D eigenvalue weighted by Gasteiger charge is 2.34. The van der Waals surface area contributed by atoms with Crippen LogP contribution in [0.4, 0.5) is 0 Å². The number of hydrogen-bond acceptors (Lipinski definition) is 4. The van der Waals surface area contributed by atoms with Gasteiger partial charge in [0.05, 0.1) is 11.1 Å². The highest BCUT2D eigenvalue weighted by molar-refractivity contribution is 6.30. The lowest BCUT2D eigenvalue weighted by atomic mass is 10.1. The average molecular weight is 366 g/mol. The van der Waals surface area contributed by atoms with Crippen LogP contribution < -0.4 is 10.6 Å². The number of imide groups is 1. The summed E-state index contributed by atoms with van der Waals surface area (Å²) in [4.78, 5) is 48.5. The van der Waals surface area contributed by atoms with Gasteiger partial charge >= 0.3 is 0 Å². The molecule has 4 amide bonds. The predicted molar refractivity (Wildman–Crippen MR) is 92.4 cm³/mol. The number of alkyl halides is 1. The van der Waals surface area contributed by atoms with Gasteiger partial charge in [-0.25, -0.2) is 0 Å². The van der Waals surface area contributed by atoms with Crippen molar-refractivity contribution in [2.45, 2.75) is 25.1 Å². The van der Waals surface area contributed by atoms with Crippen LogP contribution in [0.5, 0.6) is 0 Å². The van der Waals surface area contributed by atoms with Crippen molar-refractivity contribution in [1.29, 1.82) is 0 Å². The van der Waals surface area contributed by atoms with E-state index in [4.69, 9.17) is 11.6 Å². The molecule has 0 saturated heterocycles. The van der Waals surface area contributed by atoms with E-state index in [0.29, 0.717) is 30.6 Å². The lowest BCUT2D eigenvalue weighted by Gasteiger charge is -2.13. The summed E-state index contributed by atoms with van der Waals surface area (Å²) in [5.41, 5.74) is 0.808. The Hall–Kier alpha value is -2.41. The average Bonchev–Trinajstić information content (AvgIpc) is 2.83. The normalized spacial score (nSPS) is 14.2. The lowest BCUT2D eigenvalue weighted by Crippen LogP contribution is -2.37. The Morgan fingerprint density at radius 3 is 2.20 bits per heavy atom. The zero-order chi connectivity index (χ0) is 18.4. The van der Waals surface area contributed by atoms with Gasteiger partial charge in [0.15, 0.2) is 0 Å². The quantitative estimate of drug-likeness (QED) is 0.407. The number of nitrogens with zero attached hydrogens (tertiary/aromatic N) is 1. The van der Waals surface area contributed by atoms with Crippen LogP contribution in [0, 0.1) is 0 Å². The highest BCUT2D eigenvalue weighted by atomic mass is 35.5. The number of amides is 4. The number of carbonyl (C=O) groups excluding carboxylic acids is 4. The summed E-state index contributed by atoms with van der Waals surface area (Å²) in [7, 11) is 0. The number of nitrogens with one attached hydrogen (secondary N) is 2. The number of fused-ring (bicyclic) bond motifs is 1. The monoisotopic (exact) mass is 365 g/mol. The van der Waals surface area contributed by atoms with Gasteiger partial charge in [-0.2, -0.15) is 0 Å². The molecule has 2 N–H and O–H groups in total. The third-order valence-electron chi connectivity index (χ3n) is 3.77. The van der Waals surface area contributed by atoms with Crippen LogP contribution in [0.1, 0.15) is 40.5 Å². The molecule has 0 spiro atoms. The third kappa shape index (κ3) is 4.79. The first-order valence-corrected chi connectivity index (χ1v) is 8.49. The number of rotatable bonds is 8. The topological polar surface area (TPSA) is 95.6 Å². The van der Waals surface area contributed by atoms with Crippen LogP contribution in [-0.4, -0.2) is 53.5 Å². The van der Waals surface area contributed by atoms with Gasteiger partial charge in [0.25, 0.3) is 11.8 Å². The molecule has 1 atom stereocenters. The predicted octanol–water partition coefficient (Wildman–Crippen LogP) is 0.923. The van der Waals surface area contributed by atoms with Crippen molar-refractivity contribution in [3.05, 3.63) is 35.4 Å². The Morgan fingerprint density at radius 2 is 1.64 bits per heavy atom. The summed E-state index contributed by atoms with van der Waals surface area (Å²) in [5, 5.41) is 4.62. The molecule has 134 valence electrons. The molecule has 1 heterocycles. The van der Waals surface area contributed by atoms with Gasteiger partial charge in [0.1, 0.15) is 5.38 Å².